The fourth-order valence-electron chi connectivity index (χ4n) is 6.25. The number of allylic oxidation sites excluding steroid dienone is 3. The largest absolute Gasteiger partial charge is 0.459 e. The summed E-state index contributed by atoms with van der Waals surface area (Å²) >= 11 is 3.23. The van der Waals surface area contributed by atoms with E-state index in [4.69, 9.17) is 28.4 Å². The van der Waals surface area contributed by atoms with E-state index in [1.165, 1.54) is 14.2 Å². The second-order valence-electron chi connectivity index (χ2n) is 12.2. The number of rotatable bonds is 8. The number of hydrogen-bond acceptors (Lipinski definition) is 10. The van der Waals surface area contributed by atoms with Crippen LogP contribution in [0.2, 0.25) is 0 Å². The van der Waals surface area contributed by atoms with Crippen LogP contribution in [0.1, 0.15) is 72.6 Å². The normalized spacial score (nSPS) is 44.9. The number of ether oxygens (including phenoxy) is 6. The second kappa shape index (κ2) is 15.2. The number of cyclic esters (lactones) is 1. The van der Waals surface area contributed by atoms with Gasteiger partial charge in [0.25, 0.3) is 0 Å². The predicted octanol–water partition coefficient (Wildman–Crippen LogP) is 3.74. The standard InChI is InChI=1S/C30H49BrO10/c1-18-11-12-22-19(2)23(39-28-25(34)27(37-6)26(36-5)20(3)38-28)16-30(35,40-22)17-24(33)41-29(4,15-21(18)32)13-9-7-8-10-14-31/h7-8,10,14,18-23,25-28,32,34-35H,9,11-13,15-17H2,1-6H3. The van der Waals surface area contributed by atoms with Crippen molar-refractivity contribution in [1.29, 1.82) is 0 Å². The molecule has 0 aliphatic carbocycles. The summed E-state index contributed by atoms with van der Waals surface area (Å²) < 4.78 is 35.4. The van der Waals surface area contributed by atoms with E-state index in [2.05, 4.69) is 15.9 Å². The van der Waals surface area contributed by atoms with Gasteiger partial charge < -0.3 is 43.7 Å². The molecule has 11 heteroatoms. The van der Waals surface area contributed by atoms with Crippen LogP contribution in [0.5, 0.6) is 0 Å². The Morgan fingerprint density at radius 3 is 2.44 bits per heavy atom. The van der Waals surface area contributed by atoms with Crippen LogP contribution >= 0.6 is 15.9 Å². The second-order valence-corrected chi connectivity index (χ2v) is 12.7. The molecule has 0 aromatic heterocycles. The molecule has 3 aliphatic heterocycles. The lowest BCUT2D eigenvalue weighted by molar-refractivity contribution is -0.346. The van der Waals surface area contributed by atoms with Gasteiger partial charge in [0.15, 0.2) is 12.1 Å². The van der Waals surface area contributed by atoms with Crippen LogP contribution in [0.25, 0.3) is 0 Å². The van der Waals surface area contributed by atoms with Gasteiger partial charge in [-0.1, -0.05) is 48.0 Å². The van der Waals surface area contributed by atoms with Crippen molar-refractivity contribution in [2.75, 3.05) is 14.2 Å². The maximum Gasteiger partial charge on any atom is 0.311 e. The third-order valence-corrected chi connectivity index (χ3v) is 9.12. The van der Waals surface area contributed by atoms with Crippen LogP contribution < -0.4 is 0 Å². The van der Waals surface area contributed by atoms with Gasteiger partial charge in [-0.3, -0.25) is 4.79 Å². The monoisotopic (exact) mass is 648 g/mol. The number of halogens is 1. The molecule has 0 spiro atoms. The molecule has 0 aromatic carbocycles. The fourth-order valence-corrected chi connectivity index (χ4v) is 6.43. The third-order valence-electron chi connectivity index (χ3n) is 8.81. The van der Waals surface area contributed by atoms with Gasteiger partial charge in [-0.15, -0.1) is 0 Å². The summed E-state index contributed by atoms with van der Waals surface area (Å²) in [7, 11) is 3.03. The summed E-state index contributed by atoms with van der Waals surface area (Å²) in [6, 6.07) is 0. The fraction of sp³-hybridized carbons (Fsp3) is 0.833. The number of methoxy groups -OCH3 is 2. The van der Waals surface area contributed by atoms with Gasteiger partial charge in [0.1, 0.15) is 23.9 Å². The molecule has 10 nitrogen and oxygen atoms in total. The first kappa shape index (κ1) is 34.6. The first-order valence-corrected chi connectivity index (χ1v) is 15.5. The Hall–Kier alpha value is -0.890. The average molecular weight is 650 g/mol. The van der Waals surface area contributed by atoms with Gasteiger partial charge in [0.05, 0.1) is 30.8 Å². The van der Waals surface area contributed by atoms with Gasteiger partial charge >= 0.3 is 5.97 Å². The Labute approximate surface area is 252 Å². The maximum absolute atomic E-state index is 13.3. The van der Waals surface area contributed by atoms with Gasteiger partial charge in [-0.25, -0.2) is 0 Å². The Bertz CT molecular complexity index is 900. The quantitative estimate of drug-likeness (QED) is 0.264. The smallest absolute Gasteiger partial charge is 0.311 e. The number of aliphatic hydroxyl groups is 3. The van der Waals surface area contributed by atoms with Gasteiger partial charge in [0, 0.05) is 33.0 Å². The number of fused-ring (bicyclic) bond motifs is 2. The summed E-state index contributed by atoms with van der Waals surface area (Å²) in [5.41, 5.74) is -0.927. The van der Waals surface area contributed by atoms with E-state index >= 15 is 0 Å². The lowest BCUT2D eigenvalue weighted by Gasteiger charge is -2.48. The molecule has 41 heavy (non-hydrogen) atoms. The molecular formula is C30H49BrO10. The molecule has 12 unspecified atom stereocenters. The maximum atomic E-state index is 13.3. The van der Waals surface area contributed by atoms with Crippen molar-refractivity contribution in [2.45, 2.75) is 133 Å². The van der Waals surface area contributed by atoms with Crippen LogP contribution in [0.15, 0.2) is 23.2 Å². The van der Waals surface area contributed by atoms with E-state index < -0.39 is 72.8 Å². The van der Waals surface area contributed by atoms with Crippen molar-refractivity contribution in [2.24, 2.45) is 11.8 Å². The number of carbonyl (C=O) groups excluding carboxylic acids is 1. The summed E-state index contributed by atoms with van der Waals surface area (Å²) in [4.78, 5) is 15.0. The molecule has 3 saturated heterocycles. The van der Waals surface area contributed by atoms with Crippen molar-refractivity contribution in [3.63, 3.8) is 0 Å². The molecule has 12 atom stereocenters. The van der Waals surface area contributed by atoms with E-state index in [1.54, 1.807) is 4.99 Å². The van der Waals surface area contributed by atoms with Crippen LogP contribution in [0, 0.1) is 11.8 Å². The average Bonchev–Trinajstić information content (AvgIpc) is 2.90. The Morgan fingerprint density at radius 1 is 1.07 bits per heavy atom. The molecule has 3 rings (SSSR count). The molecule has 236 valence electrons. The summed E-state index contributed by atoms with van der Waals surface area (Å²) in [5, 5.41) is 33.7. The minimum absolute atomic E-state index is 0.0113. The van der Waals surface area contributed by atoms with E-state index in [1.807, 2.05) is 45.9 Å². The molecule has 3 heterocycles. The number of carbonyl (C=O) groups is 1. The third kappa shape index (κ3) is 9.06. The Balaban J connectivity index is 1.81. The molecule has 3 N–H and O–H groups in total. The zero-order valence-corrected chi connectivity index (χ0v) is 26.7. The molecular weight excluding hydrogens is 600 g/mol. The molecule has 3 aliphatic rings. The van der Waals surface area contributed by atoms with E-state index in [-0.39, 0.29) is 18.3 Å². The van der Waals surface area contributed by atoms with Crippen LogP contribution in [-0.2, 0) is 33.2 Å². The highest BCUT2D eigenvalue weighted by Crippen LogP contribution is 2.41. The SMILES string of the molecule is COC1C(C)OC(OC2CC3(O)CC(=O)OC(C)(CCC=CC=CBr)CC(O)C(C)CCC(O3)C2C)C(O)C1OC. The van der Waals surface area contributed by atoms with Crippen molar-refractivity contribution in [1.82, 2.24) is 0 Å². The highest BCUT2D eigenvalue weighted by Gasteiger charge is 2.51. The molecule has 2 bridgehead atoms. The van der Waals surface area contributed by atoms with Gasteiger partial charge in [-0.05, 0) is 50.4 Å². The minimum atomic E-state index is -1.83. The Morgan fingerprint density at radius 2 is 1.78 bits per heavy atom. The molecule has 0 aromatic rings. The van der Waals surface area contributed by atoms with E-state index in [0.717, 1.165) is 0 Å². The van der Waals surface area contributed by atoms with Gasteiger partial charge in [0.2, 0.25) is 0 Å². The number of esters is 1. The summed E-state index contributed by atoms with van der Waals surface area (Å²) in [6.07, 6.45) is 2.49. The molecule has 3 fully saturated rings. The zero-order chi connectivity index (χ0) is 30.4. The summed E-state index contributed by atoms with van der Waals surface area (Å²) in [6.45, 7) is 7.57. The number of hydrogen-bond donors (Lipinski definition) is 3. The van der Waals surface area contributed by atoms with Crippen LogP contribution in [0.4, 0.5) is 0 Å². The van der Waals surface area contributed by atoms with Crippen LogP contribution in [0.3, 0.4) is 0 Å². The van der Waals surface area contributed by atoms with Crippen LogP contribution in [-0.4, -0.2) is 95.9 Å². The van der Waals surface area contributed by atoms with Crippen molar-refractivity contribution >= 4 is 21.9 Å². The Kier molecular flexibility index (Phi) is 12.8. The van der Waals surface area contributed by atoms with E-state index in [0.29, 0.717) is 32.1 Å². The van der Waals surface area contributed by atoms with Crippen molar-refractivity contribution in [3.05, 3.63) is 23.2 Å². The van der Waals surface area contributed by atoms with Crippen molar-refractivity contribution in [3.8, 4) is 0 Å². The highest BCUT2D eigenvalue weighted by atomic mass is 79.9. The molecule has 0 amide bonds. The zero-order valence-electron chi connectivity index (χ0n) is 25.1. The van der Waals surface area contributed by atoms with Crippen molar-refractivity contribution < 1.29 is 48.5 Å². The lowest BCUT2D eigenvalue weighted by Crippen LogP contribution is -2.61. The first-order chi connectivity index (χ1) is 19.3. The first-order valence-electron chi connectivity index (χ1n) is 14.6. The predicted molar refractivity (Wildman–Crippen MR) is 155 cm³/mol. The molecule has 0 radical (unpaired) electrons. The lowest BCUT2D eigenvalue weighted by atomic mass is 9.81. The summed E-state index contributed by atoms with van der Waals surface area (Å²) in [5.74, 6) is -2.74. The van der Waals surface area contributed by atoms with Gasteiger partial charge in [-0.2, -0.15) is 0 Å². The molecule has 0 saturated carbocycles. The highest BCUT2D eigenvalue weighted by molar-refractivity contribution is 9.11. The topological polar surface area (TPSA) is 133 Å². The number of aliphatic hydroxyl groups excluding tert-OH is 2. The minimum Gasteiger partial charge on any atom is -0.459 e. The van der Waals surface area contributed by atoms with E-state index in [9.17, 15) is 20.1 Å².